The van der Waals surface area contributed by atoms with Gasteiger partial charge in [0, 0.05) is 43.8 Å². The summed E-state index contributed by atoms with van der Waals surface area (Å²) in [5.41, 5.74) is 3.14. The second kappa shape index (κ2) is 11.0. The van der Waals surface area contributed by atoms with Gasteiger partial charge in [0.1, 0.15) is 6.07 Å². The van der Waals surface area contributed by atoms with Gasteiger partial charge < -0.3 is 24.4 Å². The van der Waals surface area contributed by atoms with Gasteiger partial charge in [-0.05, 0) is 36.8 Å². The Hall–Kier alpha value is -3.99. The zero-order valence-corrected chi connectivity index (χ0v) is 20.1. The van der Waals surface area contributed by atoms with Crippen molar-refractivity contribution in [3.63, 3.8) is 0 Å². The Morgan fingerprint density at radius 3 is 2.49 bits per heavy atom. The van der Waals surface area contributed by atoms with Gasteiger partial charge in [-0.25, -0.2) is 4.79 Å². The Morgan fingerprint density at radius 1 is 1.17 bits per heavy atom. The molecular weight excluding hydrogens is 444 g/mol. The maximum Gasteiger partial charge on any atom is 0.407 e. The first-order valence-electron chi connectivity index (χ1n) is 11.8. The summed E-state index contributed by atoms with van der Waals surface area (Å²) in [5, 5.41) is 20.3. The van der Waals surface area contributed by atoms with Crippen LogP contribution in [-0.4, -0.2) is 54.9 Å². The van der Waals surface area contributed by atoms with Gasteiger partial charge in [-0.15, -0.1) is 0 Å². The SMILES string of the molecule is COc1cc2ncc(C#N)c(N3CCC(CCN(Cc4ccccc4)C(=O)O)CC3)c2cc1OC. The summed E-state index contributed by atoms with van der Waals surface area (Å²) in [5.74, 6) is 1.62. The van der Waals surface area contributed by atoms with Crippen molar-refractivity contribution in [2.45, 2.75) is 25.8 Å². The second-order valence-corrected chi connectivity index (χ2v) is 8.77. The van der Waals surface area contributed by atoms with Gasteiger partial charge >= 0.3 is 6.09 Å². The molecule has 0 atom stereocenters. The molecule has 1 aliphatic heterocycles. The van der Waals surface area contributed by atoms with E-state index in [4.69, 9.17) is 9.47 Å². The molecule has 0 saturated carbocycles. The van der Waals surface area contributed by atoms with Crippen LogP contribution in [-0.2, 0) is 6.54 Å². The zero-order chi connectivity index (χ0) is 24.8. The zero-order valence-electron chi connectivity index (χ0n) is 20.1. The number of benzene rings is 2. The molecule has 4 rings (SSSR count). The Balaban J connectivity index is 1.46. The van der Waals surface area contributed by atoms with Crippen molar-refractivity contribution in [3.05, 3.63) is 59.8 Å². The fourth-order valence-electron chi connectivity index (χ4n) is 4.76. The number of aromatic nitrogens is 1. The van der Waals surface area contributed by atoms with Crippen LogP contribution in [0.15, 0.2) is 48.7 Å². The molecule has 1 fully saturated rings. The Kier molecular flexibility index (Phi) is 7.56. The first-order valence-corrected chi connectivity index (χ1v) is 11.8. The Morgan fingerprint density at radius 2 is 1.86 bits per heavy atom. The van der Waals surface area contributed by atoms with Crippen LogP contribution < -0.4 is 14.4 Å². The molecule has 0 unspecified atom stereocenters. The molecule has 1 N–H and O–H groups in total. The standard InChI is InChI=1S/C27H30N4O4/c1-34-24-14-22-23(15-25(24)35-2)29-17-21(16-28)26(22)30-11-8-19(9-12-30)10-13-31(27(32)33)18-20-6-4-3-5-7-20/h3-7,14-15,17,19H,8-13,18H2,1-2H3,(H,32,33). The molecule has 3 aromatic rings. The van der Waals surface area contributed by atoms with Crippen LogP contribution in [0.5, 0.6) is 11.5 Å². The van der Waals surface area contributed by atoms with Crippen LogP contribution in [0.4, 0.5) is 10.5 Å². The van der Waals surface area contributed by atoms with Crippen molar-refractivity contribution < 1.29 is 19.4 Å². The third-order valence-corrected chi connectivity index (χ3v) is 6.69. The highest BCUT2D eigenvalue weighted by Crippen LogP contribution is 2.38. The Bertz CT molecular complexity index is 1220. The fraction of sp³-hybridized carbons (Fsp3) is 0.370. The lowest BCUT2D eigenvalue weighted by atomic mass is 9.92. The van der Waals surface area contributed by atoms with Crippen LogP contribution in [0.3, 0.4) is 0 Å². The number of amides is 1. The topological polar surface area (TPSA) is 98.9 Å². The summed E-state index contributed by atoms with van der Waals surface area (Å²) in [6.45, 7) is 2.49. The van der Waals surface area contributed by atoms with E-state index in [2.05, 4.69) is 16.0 Å². The van der Waals surface area contributed by atoms with E-state index in [1.54, 1.807) is 20.4 Å². The molecule has 1 aromatic heterocycles. The quantitative estimate of drug-likeness (QED) is 0.495. The summed E-state index contributed by atoms with van der Waals surface area (Å²) < 4.78 is 10.9. The van der Waals surface area contributed by atoms with Gasteiger partial charge in [-0.1, -0.05) is 30.3 Å². The van der Waals surface area contributed by atoms with E-state index in [0.29, 0.717) is 36.1 Å². The van der Waals surface area contributed by atoms with E-state index in [9.17, 15) is 15.2 Å². The molecule has 0 radical (unpaired) electrons. The van der Waals surface area contributed by atoms with Crippen molar-refractivity contribution in [1.29, 1.82) is 5.26 Å². The minimum atomic E-state index is -0.891. The lowest BCUT2D eigenvalue weighted by molar-refractivity contribution is 0.137. The number of carboxylic acid groups (broad SMARTS) is 1. The normalized spacial score (nSPS) is 13.9. The smallest absolute Gasteiger partial charge is 0.407 e. The molecule has 182 valence electrons. The number of ether oxygens (including phenoxy) is 2. The fourth-order valence-corrected chi connectivity index (χ4v) is 4.76. The summed E-state index contributed by atoms with van der Waals surface area (Å²) in [4.78, 5) is 20.0. The predicted octanol–water partition coefficient (Wildman–Crippen LogP) is 4.91. The van der Waals surface area contributed by atoms with Gasteiger partial charge in [0.25, 0.3) is 0 Å². The van der Waals surface area contributed by atoms with Crippen LogP contribution in [0.25, 0.3) is 10.9 Å². The average Bonchev–Trinajstić information content (AvgIpc) is 2.90. The van der Waals surface area contributed by atoms with Crippen LogP contribution in [0, 0.1) is 17.2 Å². The molecule has 0 spiro atoms. The predicted molar refractivity (Wildman–Crippen MR) is 134 cm³/mol. The van der Waals surface area contributed by atoms with Crippen molar-refractivity contribution in [2.75, 3.05) is 38.8 Å². The van der Waals surface area contributed by atoms with E-state index in [1.165, 1.54) is 4.90 Å². The van der Waals surface area contributed by atoms with Crippen molar-refractivity contribution >= 4 is 22.7 Å². The lowest BCUT2D eigenvalue weighted by Gasteiger charge is -2.35. The number of nitriles is 1. The van der Waals surface area contributed by atoms with Gasteiger partial charge in [0.2, 0.25) is 0 Å². The molecule has 1 aliphatic rings. The number of pyridine rings is 1. The van der Waals surface area contributed by atoms with Gasteiger partial charge in [-0.3, -0.25) is 4.98 Å². The number of anilines is 1. The molecule has 35 heavy (non-hydrogen) atoms. The van der Waals surface area contributed by atoms with E-state index >= 15 is 0 Å². The number of carbonyl (C=O) groups is 1. The number of methoxy groups -OCH3 is 2. The van der Waals surface area contributed by atoms with Gasteiger partial charge in [0.15, 0.2) is 11.5 Å². The van der Waals surface area contributed by atoms with E-state index in [0.717, 1.165) is 54.5 Å². The number of piperidine rings is 1. The molecule has 8 nitrogen and oxygen atoms in total. The number of hydrogen-bond donors (Lipinski definition) is 1. The van der Waals surface area contributed by atoms with E-state index in [1.807, 2.05) is 42.5 Å². The third-order valence-electron chi connectivity index (χ3n) is 6.69. The highest BCUT2D eigenvalue weighted by atomic mass is 16.5. The first-order chi connectivity index (χ1) is 17.0. The van der Waals surface area contributed by atoms with E-state index < -0.39 is 6.09 Å². The second-order valence-electron chi connectivity index (χ2n) is 8.77. The van der Waals surface area contributed by atoms with Crippen molar-refractivity contribution in [3.8, 4) is 17.6 Å². The summed E-state index contributed by atoms with van der Waals surface area (Å²) in [6.07, 6.45) is 3.41. The molecular formula is C27H30N4O4. The summed E-state index contributed by atoms with van der Waals surface area (Å²) in [7, 11) is 3.18. The monoisotopic (exact) mass is 474 g/mol. The number of fused-ring (bicyclic) bond motifs is 1. The maximum absolute atomic E-state index is 11.8. The molecule has 0 aliphatic carbocycles. The number of rotatable bonds is 8. The molecule has 1 amide bonds. The van der Waals surface area contributed by atoms with Gasteiger partial charge in [-0.2, -0.15) is 5.26 Å². The third kappa shape index (κ3) is 5.40. The minimum absolute atomic E-state index is 0.398. The summed E-state index contributed by atoms with van der Waals surface area (Å²) in [6, 6.07) is 15.7. The van der Waals surface area contributed by atoms with Crippen molar-refractivity contribution in [2.24, 2.45) is 5.92 Å². The Labute approximate surface area is 205 Å². The molecule has 0 bridgehead atoms. The molecule has 1 saturated heterocycles. The van der Waals surface area contributed by atoms with E-state index in [-0.39, 0.29) is 0 Å². The molecule has 8 heteroatoms. The summed E-state index contributed by atoms with van der Waals surface area (Å²) >= 11 is 0. The highest BCUT2D eigenvalue weighted by Gasteiger charge is 2.25. The van der Waals surface area contributed by atoms with Gasteiger partial charge in [0.05, 0.1) is 31.0 Å². The molecule has 2 aromatic carbocycles. The molecule has 2 heterocycles. The maximum atomic E-state index is 11.8. The largest absolute Gasteiger partial charge is 0.493 e. The van der Waals surface area contributed by atoms with Crippen LogP contribution in [0.1, 0.15) is 30.4 Å². The number of nitrogens with zero attached hydrogens (tertiary/aromatic N) is 4. The average molecular weight is 475 g/mol. The van der Waals surface area contributed by atoms with Crippen LogP contribution >= 0.6 is 0 Å². The van der Waals surface area contributed by atoms with Crippen LogP contribution in [0.2, 0.25) is 0 Å². The lowest BCUT2D eigenvalue weighted by Crippen LogP contribution is -2.36. The first kappa shape index (κ1) is 24.1. The highest BCUT2D eigenvalue weighted by molar-refractivity contribution is 5.96. The minimum Gasteiger partial charge on any atom is -0.493 e. The van der Waals surface area contributed by atoms with Crippen molar-refractivity contribution in [1.82, 2.24) is 9.88 Å². The number of hydrogen-bond acceptors (Lipinski definition) is 6.